The number of hydrogen-bond donors (Lipinski definition) is 1. The molecule has 1 aliphatic rings. The highest BCUT2D eigenvalue weighted by Gasteiger charge is 2.33. The summed E-state index contributed by atoms with van der Waals surface area (Å²) in [5.74, 6) is 0. The summed E-state index contributed by atoms with van der Waals surface area (Å²) >= 11 is 0. The minimum atomic E-state index is -0.221. The molecule has 4 nitrogen and oxygen atoms in total. The van der Waals surface area contributed by atoms with E-state index in [1.807, 2.05) is 67.6 Å². The van der Waals surface area contributed by atoms with Crippen LogP contribution in [0, 0.1) is 0 Å². The first-order chi connectivity index (χ1) is 10.7. The first-order valence-electron chi connectivity index (χ1n) is 7.53. The van der Waals surface area contributed by atoms with Crippen molar-refractivity contribution in [3.05, 3.63) is 71.8 Å². The van der Waals surface area contributed by atoms with Crippen LogP contribution in [0.5, 0.6) is 0 Å². The molecule has 0 aliphatic carbocycles. The van der Waals surface area contributed by atoms with Crippen molar-refractivity contribution in [2.24, 2.45) is 0 Å². The molecule has 3 rings (SSSR count). The second-order valence-electron chi connectivity index (χ2n) is 5.43. The zero-order valence-electron chi connectivity index (χ0n) is 12.6. The number of carbonyl (C=O) groups is 1. The van der Waals surface area contributed by atoms with Crippen LogP contribution in [0.4, 0.5) is 4.79 Å². The predicted molar refractivity (Wildman–Crippen MR) is 85.1 cm³/mol. The van der Waals surface area contributed by atoms with Crippen LogP contribution in [-0.2, 0) is 11.3 Å². The zero-order valence-corrected chi connectivity index (χ0v) is 12.6. The molecule has 0 saturated carbocycles. The van der Waals surface area contributed by atoms with Crippen LogP contribution in [0.25, 0.3) is 0 Å². The molecule has 2 unspecified atom stereocenters. The number of ether oxygens (including phenoxy) is 1. The fourth-order valence-electron chi connectivity index (χ4n) is 2.66. The average molecular weight is 296 g/mol. The summed E-state index contributed by atoms with van der Waals surface area (Å²) < 4.78 is 5.90. The predicted octanol–water partition coefficient (Wildman–Crippen LogP) is 3.32. The van der Waals surface area contributed by atoms with Crippen LogP contribution in [0.2, 0.25) is 0 Å². The highest BCUT2D eigenvalue weighted by atomic mass is 16.5. The van der Waals surface area contributed by atoms with Gasteiger partial charge >= 0.3 is 6.03 Å². The SMILES string of the molecule is CC1OC(c2ccccc2)CN1C(=O)NCc1ccccc1. The van der Waals surface area contributed by atoms with Crippen molar-refractivity contribution < 1.29 is 9.53 Å². The summed E-state index contributed by atoms with van der Waals surface area (Å²) in [6.07, 6.45) is -0.278. The monoisotopic (exact) mass is 296 g/mol. The lowest BCUT2D eigenvalue weighted by atomic mass is 10.1. The van der Waals surface area contributed by atoms with E-state index < -0.39 is 0 Å². The molecule has 0 radical (unpaired) electrons. The fourth-order valence-corrected chi connectivity index (χ4v) is 2.66. The summed E-state index contributed by atoms with van der Waals surface area (Å²) in [6, 6.07) is 19.8. The standard InChI is InChI=1S/C18H20N2O2/c1-14-20(13-17(22-14)16-10-6-3-7-11-16)18(21)19-12-15-8-4-2-5-9-15/h2-11,14,17H,12-13H2,1H3,(H,19,21). The van der Waals surface area contributed by atoms with Crippen molar-refractivity contribution in [1.29, 1.82) is 0 Å². The van der Waals surface area contributed by atoms with Gasteiger partial charge in [-0.25, -0.2) is 4.79 Å². The van der Waals surface area contributed by atoms with Gasteiger partial charge in [0.15, 0.2) is 0 Å². The zero-order chi connectivity index (χ0) is 15.4. The molecule has 2 atom stereocenters. The number of nitrogens with one attached hydrogen (secondary N) is 1. The third kappa shape index (κ3) is 3.28. The van der Waals surface area contributed by atoms with Crippen LogP contribution in [0.3, 0.4) is 0 Å². The Balaban J connectivity index is 1.59. The van der Waals surface area contributed by atoms with Crippen molar-refractivity contribution in [1.82, 2.24) is 10.2 Å². The smallest absolute Gasteiger partial charge is 0.319 e. The molecule has 0 bridgehead atoms. The molecule has 114 valence electrons. The van der Waals surface area contributed by atoms with Gasteiger partial charge in [0.25, 0.3) is 0 Å². The molecule has 2 amide bonds. The minimum Gasteiger partial charge on any atom is -0.349 e. The largest absolute Gasteiger partial charge is 0.349 e. The van der Waals surface area contributed by atoms with Gasteiger partial charge in [-0.05, 0) is 18.1 Å². The van der Waals surface area contributed by atoms with Gasteiger partial charge in [0, 0.05) is 6.54 Å². The number of benzene rings is 2. The van der Waals surface area contributed by atoms with Gasteiger partial charge < -0.3 is 10.1 Å². The molecule has 0 spiro atoms. The molecule has 2 aromatic rings. The third-order valence-corrected chi connectivity index (χ3v) is 3.88. The van der Waals surface area contributed by atoms with E-state index in [-0.39, 0.29) is 18.4 Å². The van der Waals surface area contributed by atoms with Crippen molar-refractivity contribution in [3.63, 3.8) is 0 Å². The van der Waals surface area contributed by atoms with Gasteiger partial charge in [-0.3, -0.25) is 4.90 Å². The summed E-state index contributed by atoms with van der Waals surface area (Å²) in [6.45, 7) is 3.01. The van der Waals surface area contributed by atoms with Gasteiger partial charge in [-0.15, -0.1) is 0 Å². The minimum absolute atomic E-state index is 0.0568. The number of nitrogens with zero attached hydrogens (tertiary/aromatic N) is 1. The van der Waals surface area contributed by atoms with E-state index in [1.165, 1.54) is 0 Å². The highest BCUT2D eigenvalue weighted by Crippen LogP contribution is 2.28. The molecule has 1 N–H and O–H groups in total. The van der Waals surface area contributed by atoms with E-state index in [0.29, 0.717) is 13.1 Å². The Morgan fingerprint density at radius 1 is 1.14 bits per heavy atom. The van der Waals surface area contributed by atoms with Gasteiger partial charge in [0.1, 0.15) is 12.3 Å². The van der Waals surface area contributed by atoms with E-state index in [2.05, 4.69) is 5.32 Å². The number of rotatable bonds is 3. The van der Waals surface area contributed by atoms with Crippen LogP contribution in [0.1, 0.15) is 24.2 Å². The van der Waals surface area contributed by atoms with E-state index in [4.69, 9.17) is 4.74 Å². The van der Waals surface area contributed by atoms with Gasteiger partial charge in [-0.2, -0.15) is 0 Å². The Labute approximate surface area is 130 Å². The summed E-state index contributed by atoms with van der Waals surface area (Å²) in [4.78, 5) is 14.1. The lowest BCUT2D eigenvalue weighted by Crippen LogP contribution is -2.41. The Hall–Kier alpha value is -2.33. The Morgan fingerprint density at radius 3 is 2.45 bits per heavy atom. The second-order valence-corrected chi connectivity index (χ2v) is 5.43. The van der Waals surface area contributed by atoms with E-state index in [0.717, 1.165) is 11.1 Å². The van der Waals surface area contributed by atoms with Gasteiger partial charge in [-0.1, -0.05) is 60.7 Å². The summed E-state index contributed by atoms with van der Waals surface area (Å²) in [5, 5.41) is 2.95. The van der Waals surface area contributed by atoms with Crippen LogP contribution < -0.4 is 5.32 Å². The normalized spacial score (nSPS) is 20.9. The third-order valence-electron chi connectivity index (χ3n) is 3.88. The second kappa shape index (κ2) is 6.62. The van der Waals surface area contributed by atoms with Crippen molar-refractivity contribution >= 4 is 6.03 Å². The first-order valence-corrected chi connectivity index (χ1v) is 7.53. The average Bonchev–Trinajstić information content (AvgIpc) is 2.96. The van der Waals surface area contributed by atoms with Crippen LogP contribution in [0.15, 0.2) is 60.7 Å². The van der Waals surface area contributed by atoms with Crippen LogP contribution in [-0.4, -0.2) is 23.7 Å². The van der Waals surface area contributed by atoms with E-state index in [9.17, 15) is 4.79 Å². The summed E-state index contributed by atoms with van der Waals surface area (Å²) in [5.41, 5.74) is 2.19. The lowest BCUT2D eigenvalue weighted by Gasteiger charge is -2.20. The molecule has 22 heavy (non-hydrogen) atoms. The molecule has 0 aromatic heterocycles. The Bertz CT molecular complexity index is 615. The maximum absolute atomic E-state index is 12.3. The van der Waals surface area contributed by atoms with Crippen molar-refractivity contribution in [3.8, 4) is 0 Å². The number of carbonyl (C=O) groups excluding carboxylic acids is 1. The fraction of sp³-hybridized carbons (Fsp3) is 0.278. The summed E-state index contributed by atoms with van der Waals surface area (Å²) in [7, 11) is 0. The van der Waals surface area contributed by atoms with Gasteiger partial charge in [0.05, 0.1) is 6.54 Å². The van der Waals surface area contributed by atoms with E-state index in [1.54, 1.807) is 4.90 Å². The number of amides is 2. The van der Waals surface area contributed by atoms with E-state index >= 15 is 0 Å². The maximum atomic E-state index is 12.3. The molecule has 1 saturated heterocycles. The highest BCUT2D eigenvalue weighted by molar-refractivity contribution is 5.74. The number of urea groups is 1. The maximum Gasteiger partial charge on any atom is 0.319 e. The first kappa shape index (κ1) is 14.6. The topological polar surface area (TPSA) is 41.6 Å². The molecular weight excluding hydrogens is 276 g/mol. The molecule has 1 fully saturated rings. The lowest BCUT2D eigenvalue weighted by molar-refractivity contribution is 0.0241. The van der Waals surface area contributed by atoms with Crippen molar-refractivity contribution in [2.75, 3.05) is 6.54 Å². The number of hydrogen-bond acceptors (Lipinski definition) is 2. The quantitative estimate of drug-likeness (QED) is 0.944. The molecule has 4 heteroatoms. The molecule has 1 aliphatic heterocycles. The van der Waals surface area contributed by atoms with Crippen molar-refractivity contribution in [2.45, 2.75) is 25.8 Å². The van der Waals surface area contributed by atoms with Crippen LogP contribution >= 0.6 is 0 Å². The van der Waals surface area contributed by atoms with Gasteiger partial charge in [0.2, 0.25) is 0 Å². The Kier molecular flexibility index (Phi) is 4.39. The Morgan fingerprint density at radius 2 is 1.77 bits per heavy atom. The molecular formula is C18H20N2O2. The molecule has 2 aromatic carbocycles. The molecule has 1 heterocycles.